The summed E-state index contributed by atoms with van der Waals surface area (Å²) in [6, 6.07) is 0. The molecular formula is C15H26N2O8. The molecule has 0 aliphatic rings. The topological polar surface area (TPSA) is 173 Å². The summed E-state index contributed by atoms with van der Waals surface area (Å²) in [4.78, 5) is 43.5. The largest absolute Gasteiger partial charge is 0.481 e. The summed E-state index contributed by atoms with van der Waals surface area (Å²) in [6.45, 7) is -0.0646. The minimum Gasteiger partial charge on any atom is -0.481 e. The average molecular weight is 362 g/mol. The van der Waals surface area contributed by atoms with E-state index >= 15 is 0 Å². The number of aliphatic carboxylic acids is 2. The van der Waals surface area contributed by atoms with Crippen LogP contribution in [-0.2, 0) is 19.2 Å². The summed E-state index contributed by atoms with van der Waals surface area (Å²) >= 11 is 0. The van der Waals surface area contributed by atoms with Crippen molar-refractivity contribution >= 4 is 23.8 Å². The Morgan fingerprint density at radius 1 is 0.760 bits per heavy atom. The summed E-state index contributed by atoms with van der Waals surface area (Å²) in [5, 5.41) is 40.9. The molecule has 0 saturated carbocycles. The highest BCUT2D eigenvalue weighted by molar-refractivity contribution is 5.81. The Hall–Kier alpha value is -2.20. The molecule has 1 atom stereocenters. The van der Waals surface area contributed by atoms with Gasteiger partial charge in [0, 0.05) is 25.9 Å². The Balaban J connectivity index is 4.12. The Morgan fingerprint density at radius 2 is 1.16 bits per heavy atom. The van der Waals surface area contributed by atoms with Gasteiger partial charge in [-0.2, -0.15) is 0 Å². The Bertz CT molecular complexity index is 419. The third-order valence-corrected chi connectivity index (χ3v) is 3.54. The van der Waals surface area contributed by atoms with Gasteiger partial charge in [0.15, 0.2) is 0 Å². The van der Waals surface area contributed by atoms with Crippen LogP contribution in [0.2, 0.25) is 0 Å². The minimum absolute atomic E-state index is 0.137. The molecule has 0 bridgehead atoms. The lowest BCUT2D eigenvalue weighted by Crippen LogP contribution is -2.34. The molecule has 144 valence electrons. The van der Waals surface area contributed by atoms with E-state index in [1.807, 2.05) is 0 Å². The van der Waals surface area contributed by atoms with E-state index in [-0.39, 0.29) is 44.7 Å². The maximum atomic E-state index is 11.4. The summed E-state index contributed by atoms with van der Waals surface area (Å²) < 4.78 is 0. The molecule has 6 N–H and O–H groups in total. The van der Waals surface area contributed by atoms with E-state index in [2.05, 4.69) is 10.6 Å². The van der Waals surface area contributed by atoms with Crippen LogP contribution in [0.4, 0.5) is 0 Å². The van der Waals surface area contributed by atoms with E-state index < -0.39 is 36.5 Å². The first-order chi connectivity index (χ1) is 11.8. The zero-order valence-electron chi connectivity index (χ0n) is 13.9. The van der Waals surface area contributed by atoms with Crippen molar-refractivity contribution in [1.82, 2.24) is 10.6 Å². The van der Waals surface area contributed by atoms with E-state index in [4.69, 9.17) is 15.3 Å². The van der Waals surface area contributed by atoms with Crippen LogP contribution in [0.25, 0.3) is 0 Å². The molecule has 10 nitrogen and oxygen atoms in total. The van der Waals surface area contributed by atoms with E-state index in [1.165, 1.54) is 0 Å². The van der Waals surface area contributed by atoms with Gasteiger partial charge in [-0.15, -0.1) is 0 Å². The Labute approximate surface area is 145 Å². The normalized spacial score (nSPS) is 11.8. The maximum absolute atomic E-state index is 11.4. The highest BCUT2D eigenvalue weighted by Crippen LogP contribution is 2.13. The number of nitrogens with one attached hydrogen (secondary N) is 2. The minimum atomic E-state index is -1.07. The van der Waals surface area contributed by atoms with Crippen molar-refractivity contribution in [2.45, 2.75) is 44.6 Å². The van der Waals surface area contributed by atoms with Crippen LogP contribution in [0, 0.1) is 5.92 Å². The predicted molar refractivity (Wildman–Crippen MR) is 85.6 cm³/mol. The fourth-order valence-corrected chi connectivity index (χ4v) is 2.09. The summed E-state index contributed by atoms with van der Waals surface area (Å²) in [7, 11) is 0. The van der Waals surface area contributed by atoms with Gasteiger partial charge in [0.25, 0.3) is 0 Å². The maximum Gasteiger partial charge on any atom is 0.303 e. The highest BCUT2D eigenvalue weighted by atomic mass is 16.4. The molecule has 0 radical (unpaired) electrons. The molecule has 0 aliphatic heterocycles. The molecule has 0 fully saturated rings. The molecule has 1 unspecified atom stereocenters. The third kappa shape index (κ3) is 12.8. The van der Waals surface area contributed by atoms with Crippen LogP contribution in [0.3, 0.4) is 0 Å². The summed E-state index contributed by atoms with van der Waals surface area (Å²) in [5.41, 5.74) is 0. The van der Waals surface area contributed by atoms with E-state index in [1.54, 1.807) is 0 Å². The van der Waals surface area contributed by atoms with Gasteiger partial charge in [-0.3, -0.25) is 19.2 Å². The van der Waals surface area contributed by atoms with Crippen LogP contribution < -0.4 is 10.6 Å². The van der Waals surface area contributed by atoms with Gasteiger partial charge >= 0.3 is 11.9 Å². The number of carbonyl (C=O) groups excluding carboxylic acids is 2. The van der Waals surface area contributed by atoms with Crippen LogP contribution >= 0.6 is 0 Å². The third-order valence-electron chi connectivity index (χ3n) is 3.54. The second-order valence-electron chi connectivity index (χ2n) is 5.57. The SMILES string of the molecule is O=C(O)CCC(=O)NCCC(CCNC(=O)CCC(=O)O)C(O)CO. The number of rotatable bonds is 14. The van der Waals surface area contributed by atoms with Crippen LogP contribution in [-0.4, -0.2) is 70.0 Å². The van der Waals surface area contributed by atoms with Crippen LogP contribution in [0.1, 0.15) is 38.5 Å². The average Bonchev–Trinajstić information content (AvgIpc) is 2.55. The lowest BCUT2D eigenvalue weighted by atomic mass is 9.95. The quantitative estimate of drug-likeness (QED) is 0.221. The highest BCUT2D eigenvalue weighted by Gasteiger charge is 2.19. The van der Waals surface area contributed by atoms with Crippen molar-refractivity contribution in [1.29, 1.82) is 0 Å². The molecule has 0 aromatic carbocycles. The van der Waals surface area contributed by atoms with Gasteiger partial charge in [0.05, 0.1) is 25.6 Å². The van der Waals surface area contributed by atoms with Gasteiger partial charge in [0.2, 0.25) is 11.8 Å². The molecule has 0 spiro atoms. The van der Waals surface area contributed by atoms with E-state index in [0.29, 0.717) is 12.8 Å². The smallest absolute Gasteiger partial charge is 0.303 e. The Kier molecular flexibility index (Phi) is 12.0. The van der Waals surface area contributed by atoms with Crippen LogP contribution in [0.5, 0.6) is 0 Å². The van der Waals surface area contributed by atoms with Gasteiger partial charge in [-0.1, -0.05) is 0 Å². The first kappa shape index (κ1) is 22.8. The number of carbonyl (C=O) groups is 4. The number of hydrogen-bond donors (Lipinski definition) is 6. The molecule has 0 aromatic heterocycles. The zero-order chi connectivity index (χ0) is 19.2. The molecule has 25 heavy (non-hydrogen) atoms. The lowest BCUT2D eigenvalue weighted by Gasteiger charge is -2.21. The molecule has 0 saturated heterocycles. The molecule has 0 aromatic rings. The van der Waals surface area contributed by atoms with Gasteiger partial charge in [0.1, 0.15) is 0 Å². The number of hydrogen-bond acceptors (Lipinski definition) is 6. The second-order valence-corrected chi connectivity index (χ2v) is 5.57. The second kappa shape index (κ2) is 13.1. The molecule has 0 heterocycles. The molecular weight excluding hydrogens is 336 g/mol. The standard InChI is InChI=1S/C15H26N2O8/c18-9-11(19)10(5-7-16-12(20)1-3-14(22)23)6-8-17-13(21)2-4-15(24)25/h10-11,18-19H,1-9H2,(H,16,20)(H,17,21)(H,22,23)(H,24,25). The molecule has 10 heteroatoms. The van der Waals surface area contributed by atoms with Crippen molar-refractivity contribution in [3.63, 3.8) is 0 Å². The number of carboxylic acids is 2. The van der Waals surface area contributed by atoms with Crippen LogP contribution in [0.15, 0.2) is 0 Å². The number of carboxylic acid groups (broad SMARTS) is 2. The number of aliphatic hydroxyl groups is 2. The van der Waals surface area contributed by atoms with Gasteiger partial charge in [-0.25, -0.2) is 0 Å². The lowest BCUT2D eigenvalue weighted by molar-refractivity contribution is -0.139. The zero-order valence-corrected chi connectivity index (χ0v) is 13.9. The van der Waals surface area contributed by atoms with E-state index in [9.17, 15) is 24.3 Å². The van der Waals surface area contributed by atoms with Crippen molar-refractivity contribution in [3.05, 3.63) is 0 Å². The predicted octanol–water partition coefficient (Wildman–Crippen LogP) is -1.30. The Morgan fingerprint density at radius 3 is 1.48 bits per heavy atom. The molecule has 0 rings (SSSR count). The molecule has 2 amide bonds. The monoisotopic (exact) mass is 362 g/mol. The van der Waals surface area contributed by atoms with Crippen molar-refractivity contribution in [2.75, 3.05) is 19.7 Å². The summed E-state index contributed by atoms with van der Waals surface area (Å²) in [5.74, 6) is -3.35. The first-order valence-corrected chi connectivity index (χ1v) is 8.02. The van der Waals surface area contributed by atoms with Crippen molar-refractivity contribution in [3.8, 4) is 0 Å². The van der Waals surface area contributed by atoms with E-state index in [0.717, 1.165) is 0 Å². The first-order valence-electron chi connectivity index (χ1n) is 8.02. The van der Waals surface area contributed by atoms with Gasteiger partial charge in [-0.05, 0) is 18.8 Å². The molecule has 0 aliphatic carbocycles. The van der Waals surface area contributed by atoms with Gasteiger partial charge < -0.3 is 31.1 Å². The van der Waals surface area contributed by atoms with Crippen molar-refractivity contribution < 1.29 is 39.6 Å². The fourth-order valence-electron chi connectivity index (χ4n) is 2.09. The number of aliphatic hydroxyl groups excluding tert-OH is 2. The van der Waals surface area contributed by atoms with Crippen molar-refractivity contribution in [2.24, 2.45) is 5.92 Å². The fraction of sp³-hybridized carbons (Fsp3) is 0.733. The summed E-state index contributed by atoms with van der Waals surface area (Å²) in [6.07, 6.45) is -1.15. The number of amides is 2.